The Morgan fingerprint density at radius 2 is 2.12 bits per heavy atom. The molecule has 2 atom stereocenters. The maximum Gasteiger partial charge on any atom is 0.0133 e. The number of nitrogens with one attached hydrogen (secondary N) is 1. The van der Waals surface area contributed by atoms with Crippen molar-refractivity contribution in [2.24, 2.45) is 5.92 Å². The van der Waals surface area contributed by atoms with Crippen LogP contribution in [0.15, 0.2) is 24.3 Å². The van der Waals surface area contributed by atoms with Crippen LogP contribution >= 0.6 is 0 Å². The third-order valence-corrected chi connectivity index (χ3v) is 3.91. The van der Waals surface area contributed by atoms with Crippen molar-refractivity contribution in [3.05, 3.63) is 35.4 Å². The smallest absolute Gasteiger partial charge is 0.0133 e. The molecule has 2 unspecified atom stereocenters. The van der Waals surface area contributed by atoms with E-state index in [1.807, 2.05) is 0 Å². The van der Waals surface area contributed by atoms with Crippen molar-refractivity contribution < 1.29 is 0 Å². The molecule has 1 fully saturated rings. The van der Waals surface area contributed by atoms with Gasteiger partial charge in [0, 0.05) is 6.04 Å². The monoisotopic (exact) mass is 231 g/mol. The molecule has 0 bridgehead atoms. The lowest BCUT2D eigenvalue weighted by Gasteiger charge is -2.20. The van der Waals surface area contributed by atoms with Gasteiger partial charge in [-0.05, 0) is 49.3 Å². The maximum atomic E-state index is 3.47. The molecular weight excluding hydrogens is 206 g/mol. The predicted octanol–water partition coefficient (Wildman–Crippen LogP) is 3.74. The number of hydrogen-bond donors (Lipinski definition) is 1. The molecule has 94 valence electrons. The second kappa shape index (κ2) is 5.68. The van der Waals surface area contributed by atoms with E-state index in [9.17, 15) is 0 Å². The van der Waals surface area contributed by atoms with Crippen LogP contribution in [0.25, 0.3) is 0 Å². The predicted molar refractivity (Wildman–Crippen MR) is 74.4 cm³/mol. The van der Waals surface area contributed by atoms with Crippen LogP contribution in [-0.2, 0) is 6.42 Å². The molecule has 0 aliphatic heterocycles. The Hall–Kier alpha value is -0.820. The first-order valence-corrected chi connectivity index (χ1v) is 6.97. The van der Waals surface area contributed by atoms with Gasteiger partial charge in [-0.3, -0.25) is 0 Å². The summed E-state index contributed by atoms with van der Waals surface area (Å²) in [6.07, 6.45) is 5.24. The highest BCUT2D eigenvalue weighted by atomic mass is 14.9. The summed E-state index contributed by atoms with van der Waals surface area (Å²) in [6, 6.07) is 9.93. The SMILES string of the molecule is CNC1CCCC1c1cccc(CC(C)C)c1. The van der Waals surface area contributed by atoms with Crippen LogP contribution < -0.4 is 5.32 Å². The van der Waals surface area contributed by atoms with E-state index in [0.717, 1.165) is 11.8 Å². The molecule has 0 amide bonds. The van der Waals surface area contributed by atoms with Gasteiger partial charge < -0.3 is 5.32 Å². The fourth-order valence-corrected chi connectivity index (χ4v) is 3.13. The van der Waals surface area contributed by atoms with Crippen LogP contribution in [0.4, 0.5) is 0 Å². The molecule has 1 heteroatoms. The minimum absolute atomic E-state index is 0.685. The summed E-state index contributed by atoms with van der Waals surface area (Å²) in [5.74, 6) is 1.47. The fourth-order valence-electron chi connectivity index (χ4n) is 3.13. The third-order valence-electron chi connectivity index (χ3n) is 3.91. The minimum Gasteiger partial charge on any atom is -0.316 e. The zero-order valence-corrected chi connectivity index (χ0v) is 11.4. The largest absolute Gasteiger partial charge is 0.316 e. The van der Waals surface area contributed by atoms with Crippen molar-refractivity contribution in [2.75, 3.05) is 7.05 Å². The van der Waals surface area contributed by atoms with E-state index >= 15 is 0 Å². The summed E-state index contributed by atoms with van der Waals surface area (Å²) in [5, 5.41) is 3.47. The Bertz CT molecular complexity index is 356. The molecule has 0 heterocycles. The van der Waals surface area contributed by atoms with Gasteiger partial charge in [-0.15, -0.1) is 0 Å². The molecule has 2 rings (SSSR count). The lowest BCUT2D eigenvalue weighted by molar-refractivity contribution is 0.521. The lowest BCUT2D eigenvalue weighted by atomic mass is 9.91. The molecular formula is C16H25N. The molecule has 1 aromatic rings. The van der Waals surface area contributed by atoms with E-state index in [2.05, 4.69) is 50.5 Å². The number of likely N-dealkylation sites (N-methyl/N-ethyl adjacent to an activating group) is 1. The van der Waals surface area contributed by atoms with E-state index in [1.165, 1.54) is 31.2 Å². The van der Waals surface area contributed by atoms with Crippen LogP contribution in [0.3, 0.4) is 0 Å². The van der Waals surface area contributed by atoms with E-state index in [4.69, 9.17) is 0 Å². The summed E-state index contributed by atoms with van der Waals surface area (Å²) >= 11 is 0. The topological polar surface area (TPSA) is 12.0 Å². The van der Waals surface area contributed by atoms with Gasteiger partial charge in [-0.25, -0.2) is 0 Å². The van der Waals surface area contributed by atoms with Crippen molar-refractivity contribution in [3.63, 3.8) is 0 Å². The van der Waals surface area contributed by atoms with Crippen LogP contribution in [0.2, 0.25) is 0 Å². The summed E-state index contributed by atoms with van der Waals surface area (Å²) in [6.45, 7) is 4.58. The lowest BCUT2D eigenvalue weighted by Crippen LogP contribution is -2.27. The normalized spacial score (nSPS) is 24.5. The highest BCUT2D eigenvalue weighted by molar-refractivity contribution is 5.28. The molecule has 1 N–H and O–H groups in total. The van der Waals surface area contributed by atoms with Crippen molar-refractivity contribution in [3.8, 4) is 0 Å². The maximum absolute atomic E-state index is 3.47. The van der Waals surface area contributed by atoms with Crippen molar-refractivity contribution in [1.29, 1.82) is 0 Å². The van der Waals surface area contributed by atoms with Gasteiger partial charge in [-0.1, -0.05) is 44.5 Å². The van der Waals surface area contributed by atoms with Gasteiger partial charge in [0.25, 0.3) is 0 Å². The minimum atomic E-state index is 0.685. The Morgan fingerprint density at radius 1 is 1.29 bits per heavy atom. The number of hydrogen-bond acceptors (Lipinski definition) is 1. The van der Waals surface area contributed by atoms with E-state index in [-0.39, 0.29) is 0 Å². The highest BCUT2D eigenvalue weighted by Gasteiger charge is 2.27. The van der Waals surface area contributed by atoms with E-state index in [1.54, 1.807) is 5.56 Å². The molecule has 0 saturated heterocycles. The average molecular weight is 231 g/mol. The molecule has 0 spiro atoms. The Morgan fingerprint density at radius 3 is 2.82 bits per heavy atom. The average Bonchev–Trinajstić information content (AvgIpc) is 2.76. The Balaban J connectivity index is 2.15. The van der Waals surface area contributed by atoms with Gasteiger partial charge >= 0.3 is 0 Å². The molecule has 1 aliphatic rings. The van der Waals surface area contributed by atoms with Crippen LogP contribution in [-0.4, -0.2) is 13.1 Å². The molecule has 1 aromatic carbocycles. The van der Waals surface area contributed by atoms with Crippen molar-refractivity contribution in [2.45, 2.75) is 51.5 Å². The second-order valence-corrected chi connectivity index (χ2v) is 5.78. The standard InChI is InChI=1S/C16H25N/c1-12(2)10-13-6-4-7-14(11-13)15-8-5-9-16(15)17-3/h4,6-7,11-12,15-17H,5,8-10H2,1-3H3. The first kappa shape index (κ1) is 12.6. The van der Waals surface area contributed by atoms with Gasteiger partial charge in [0.15, 0.2) is 0 Å². The number of benzene rings is 1. The molecule has 1 aliphatic carbocycles. The van der Waals surface area contributed by atoms with Gasteiger partial charge in [0.1, 0.15) is 0 Å². The summed E-state index contributed by atoms with van der Waals surface area (Å²) in [7, 11) is 2.10. The first-order valence-electron chi connectivity index (χ1n) is 6.97. The van der Waals surface area contributed by atoms with Gasteiger partial charge in [-0.2, -0.15) is 0 Å². The summed E-state index contributed by atoms with van der Waals surface area (Å²) < 4.78 is 0. The van der Waals surface area contributed by atoms with Crippen molar-refractivity contribution >= 4 is 0 Å². The molecule has 0 radical (unpaired) electrons. The van der Waals surface area contributed by atoms with Crippen LogP contribution in [0, 0.1) is 5.92 Å². The zero-order valence-electron chi connectivity index (χ0n) is 11.4. The Labute approximate surface area is 106 Å². The fraction of sp³-hybridized carbons (Fsp3) is 0.625. The van der Waals surface area contributed by atoms with E-state index < -0.39 is 0 Å². The zero-order chi connectivity index (χ0) is 12.3. The number of rotatable bonds is 4. The van der Waals surface area contributed by atoms with Crippen LogP contribution in [0.5, 0.6) is 0 Å². The van der Waals surface area contributed by atoms with Crippen molar-refractivity contribution in [1.82, 2.24) is 5.32 Å². The molecule has 17 heavy (non-hydrogen) atoms. The summed E-state index contributed by atoms with van der Waals surface area (Å²) in [4.78, 5) is 0. The second-order valence-electron chi connectivity index (χ2n) is 5.78. The summed E-state index contributed by atoms with van der Waals surface area (Å²) in [5.41, 5.74) is 3.04. The van der Waals surface area contributed by atoms with E-state index in [0.29, 0.717) is 6.04 Å². The van der Waals surface area contributed by atoms with Gasteiger partial charge in [0.2, 0.25) is 0 Å². The third kappa shape index (κ3) is 3.10. The Kier molecular flexibility index (Phi) is 4.22. The molecule has 0 aromatic heterocycles. The van der Waals surface area contributed by atoms with Gasteiger partial charge in [0.05, 0.1) is 0 Å². The quantitative estimate of drug-likeness (QED) is 0.832. The highest BCUT2D eigenvalue weighted by Crippen LogP contribution is 2.34. The molecule has 1 nitrogen and oxygen atoms in total. The van der Waals surface area contributed by atoms with Crippen LogP contribution in [0.1, 0.15) is 50.2 Å². The first-order chi connectivity index (χ1) is 8.20. The molecule has 1 saturated carbocycles.